The number of oxazole rings is 1. The molecule has 3 aromatic rings. The summed E-state index contributed by atoms with van der Waals surface area (Å²) in [6, 6.07) is 0.773. The molecule has 1 aliphatic carbocycles. The number of pyridine rings is 1. The van der Waals surface area contributed by atoms with E-state index in [1.54, 1.807) is 6.92 Å². The molecule has 31 heavy (non-hydrogen) atoms. The van der Waals surface area contributed by atoms with E-state index in [1.807, 2.05) is 0 Å². The van der Waals surface area contributed by atoms with Crippen LogP contribution in [0.15, 0.2) is 22.9 Å². The van der Waals surface area contributed by atoms with Crippen LogP contribution in [0.2, 0.25) is 0 Å². The molecule has 0 spiro atoms. The Morgan fingerprint density at radius 3 is 2.77 bits per heavy atom. The third-order valence-corrected chi connectivity index (χ3v) is 4.47. The molecule has 1 N–H and O–H groups in total. The van der Waals surface area contributed by atoms with Crippen molar-refractivity contribution >= 4 is 17.1 Å². The number of halogens is 3. The van der Waals surface area contributed by atoms with E-state index in [1.165, 1.54) is 19.3 Å². The zero-order valence-electron chi connectivity index (χ0n) is 16.6. The Morgan fingerprint density at radius 1 is 1.32 bits per heavy atom. The molecule has 3 heterocycles. The van der Waals surface area contributed by atoms with Crippen molar-refractivity contribution in [3.8, 4) is 23.3 Å². The molecule has 4 rings (SSSR count). The zero-order chi connectivity index (χ0) is 22.2. The molecule has 1 amide bonds. The van der Waals surface area contributed by atoms with Gasteiger partial charge in [0.25, 0.3) is 17.5 Å². The number of hydrogen-bond acceptors (Lipinski definition) is 8. The summed E-state index contributed by atoms with van der Waals surface area (Å²) in [6.45, 7) is 3.07. The topological polar surface area (TPSA) is 112 Å². The SMILES string of the molecule is CC(=O)N[C@@H](C)COc1ncc2nc(-c3ncc(OC[C@H]4CC4(F)F)cc3F)oc2n1. The van der Waals surface area contributed by atoms with Crippen LogP contribution in [0.1, 0.15) is 20.3 Å². The highest BCUT2D eigenvalue weighted by Crippen LogP contribution is 2.48. The van der Waals surface area contributed by atoms with Crippen LogP contribution < -0.4 is 14.8 Å². The van der Waals surface area contributed by atoms with E-state index in [2.05, 4.69) is 25.3 Å². The molecule has 0 bridgehead atoms. The number of aromatic nitrogens is 4. The maximum Gasteiger partial charge on any atom is 0.319 e. The van der Waals surface area contributed by atoms with Gasteiger partial charge in [-0.05, 0) is 6.92 Å². The van der Waals surface area contributed by atoms with E-state index < -0.39 is 17.7 Å². The minimum Gasteiger partial charge on any atom is -0.491 e. The summed E-state index contributed by atoms with van der Waals surface area (Å²) < 4.78 is 56.3. The second kappa shape index (κ2) is 8.00. The summed E-state index contributed by atoms with van der Waals surface area (Å²) in [7, 11) is 0. The van der Waals surface area contributed by atoms with Gasteiger partial charge in [-0.3, -0.25) is 4.79 Å². The van der Waals surface area contributed by atoms with Crippen LogP contribution in [0, 0.1) is 11.7 Å². The number of nitrogens with zero attached hydrogens (tertiary/aromatic N) is 4. The molecule has 1 aliphatic rings. The van der Waals surface area contributed by atoms with Crippen LogP contribution in [0.25, 0.3) is 22.8 Å². The largest absolute Gasteiger partial charge is 0.491 e. The van der Waals surface area contributed by atoms with E-state index in [0.29, 0.717) is 0 Å². The first kappa shape index (κ1) is 20.8. The molecule has 9 nitrogen and oxygen atoms in total. The van der Waals surface area contributed by atoms with Crippen molar-refractivity contribution in [2.24, 2.45) is 5.92 Å². The fourth-order valence-electron chi connectivity index (χ4n) is 2.78. The van der Waals surface area contributed by atoms with Gasteiger partial charge in [0, 0.05) is 19.4 Å². The summed E-state index contributed by atoms with van der Waals surface area (Å²) >= 11 is 0. The van der Waals surface area contributed by atoms with Gasteiger partial charge in [-0.2, -0.15) is 4.98 Å². The number of fused-ring (bicyclic) bond motifs is 1. The fraction of sp³-hybridized carbons (Fsp3) is 0.421. The van der Waals surface area contributed by atoms with Crippen LogP contribution in [0.5, 0.6) is 11.8 Å². The van der Waals surface area contributed by atoms with Gasteiger partial charge in [0.15, 0.2) is 11.5 Å². The van der Waals surface area contributed by atoms with Crippen LogP contribution >= 0.6 is 0 Å². The summed E-state index contributed by atoms with van der Waals surface area (Å²) in [4.78, 5) is 27.1. The molecule has 1 saturated carbocycles. The predicted octanol–water partition coefficient (Wildman–Crippen LogP) is 2.76. The van der Waals surface area contributed by atoms with Gasteiger partial charge in [-0.25, -0.2) is 28.1 Å². The van der Waals surface area contributed by atoms with Crippen LogP contribution in [0.4, 0.5) is 13.2 Å². The van der Waals surface area contributed by atoms with E-state index in [4.69, 9.17) is 13.9 Å². The Bertz CT molecular complexity index is 1120. The lowest BCUT2D eigenvalue weighted by Crippen LogP contribution is -2.35. The molecule has 0 unspecified atom stereocenters. The smallest absolute Gasteiger partial charge is 0.319 e. The third-order valence-electron chi connectivity index (χ3n) is 4.47. The number of rotatable bonds is 8. The number of carbonyl (C=O) groups is 1. The number of hydrogen-bond donors (Lipinski definition) is 1. The number of amides is 1. The highest BCUT2D eigenvalue weighted by molar-refractivity contribution is 5.73. The minimum absolute atomic E-state index is 0.00135. The van der Waals surface area contributed by atoms with Crippen molar-refractivity contribution < 1.29 is 31.9 Å². The lowest BCUT2D eigenvalue weighted by molar-refractivity contribution is -0.119. The van der Waals surface area contributed by atoms with Crippen LogP contribution in [-0.4, -0.2) is 51.0 Å². The van der Waals surface area contributed by atoms with Crippen molar-refractivity contribution in [2.45, 2.75) is 32.2 Å². The summed E-state index contributed by atoms with van der Waals surface area (Å²) in [5.41, 5.74) is 0.128. The molecule has 0 radical (unpaired) electrons. The Balaban J connectivity index is 1.44. The second-order valence-corrected chi connectivity index (χ2v) is 7.25. The van der Waals surface area contributed by atoms with Crippen LogP contribution in [-0.2, 0) is 4.79 Å². The molecule has 0 saturated heterocycles. The van der Waals surface area contributed by atoms with E-state index in [0.717, 1.165) is 6.07 Å². The second-order valence-electron chi connectivity index (χ2n) is 7.25. The average molecular weight is 437 g/mol. The average Bonchev–Trinajstić information content (AvgIpc) is 3.11. The zero-order valence-corrected chi connectivity index (χ0v) is 16.6. The number of carbonyl (C=O) groups excluding carboxylic acids is 1. The van der Waals surface area contributed by atoms with Crippen LogP contribution in [0.3, 0.4) is 0 Å². The summed E-state index contributed by atoms with van der Waals surface area (Å²) in [6.07, 6.45) is 2.32. The molecule has 0 aliphatic heterocycles. The van der Waals surface area contributed by atoms with Crippen molar-refractivity contribution in [2.75, 3.05) is 13.2 Å². The highest BCUT2D eigenvalue weighted by Gasteiger charge is 2.57. The van der Waals surface area contributed by atoms with Crippen molar-refractivity contribution in [1.82, 2.24) is 25.3 Å². The first-order valence-corrected chi connectivity index (χ1v) is 9.41. The molecular formula is C19H18F3N5O4. The summed E-state index contributed by atoms with van der Waals surface area (Å²) in [5.74, 6) is -4.66. The third kappa shape index (κ3) is 4.84. The first-order valence-electron chi connectivity index (χ1n) is 9.41. The maximum atomic E-state index is 14.5. The standard InChI is InChI=1S/C19H18F3N5O4/c1-9(25-10(2)28)7-30-18-24-6-14-16(27-18)31-17(26-14)15-13(20)3-12(5-23-15)29-8-11-4-19(11,21)22/h3,5-6,9,11H,4,7-8H2,1-2H3,(H,25,28)/t9-,11+/m0/s1. The minimum atomic E-state index is -2.71. The lowest BCUT2D eigenvalue weighted by Gasteiger charge is -2.12. The van der Waals surface area contributed by atoms with Gasteiger partial charge in [0.1, 0.15) is 17.9 Å². The Kier molecular flexibility index (Phi) is 5.38. The Hall–Kier alpha value is -3.44. The summed E-state index contributed by atoms with van der Waals surface area (Å²) in [5, 5.41) is 2.66. The predicted molar refractivity (Wildman–Crippen MR) is 100 cm³/mol. The Morgan fingerprint density at radius 2 is 2.10 bits per heavy atom. The van der Waals surface area contributed by atoms with E-state index in [-0.39, 0.29) is 66.2 Å². The molecule has 164 valence electrons. The quantitative estimate of drug-likeness (QED) is 0.573. The van der Waals surface area contributed by atoms with Gasteiger partial charge in [-0.15, -0.1) is 0 Å². The fourth-order valence-corrected chi connectivity index (χ4v) is 2.78. The van der Waals surface area contributed by atoms with Gasteiger partial charge in [0.2, 0.25) is 5.91 Å². The Labute approximate surface area is 174 Å². The number of alkyl halides is 2. The highest BCUT2D eigenvalue weighted by atomic mass is 19.3. The van der Waals surface area contributed by atoms with Crippen molar-refractivity contribution in [3.63, 3.8) is 0 Å². The number of ether oxygens (including phenoxy) is 2. The van der Waals surface area contributed by atoms with Gasteiger partial charge >= 0.3 is 6.01 Å². The molecule has 1 fully saturated rings. The molecule has 2 atom stereocenters. The van der Waals surface area contributed by atoms with E-state index >= 15 is 0 Å². The normalized spacial score (nSPS) is 17.9. The van der Waals surface area contributed by atoms with Gasteiger partial charge in [-0.1, -0.05) is 0 Å². The molecule has 0 aromatic carbocycles. The molecule has 3 aromatic heterocycles. The monoisotopic (exact) mass is 437 g/mol. The van der Waals surface area contributed by atoms with Gasteiger partial charge < -0.3 is 19.2 Å². The molecular weight excluding hydrogens is 419 g/mol. The van der Waals surface area contributed by atoms with Crippen molar-refractivity contribution in [3.05, 3.63) is 24.3 Å². The molecule has 12 heteroatoms. The maximum absolute atomic E-state index is 14.5. The van der Waals surface area contributed by atoms with Crippen molar-refractivity contribution in [1.29, 1.82) is 0 Å². The van der Waals surface area contributed by atoms with E-state index in [9.17, 15) is 18.0 Å². The number of nitrogens with one attached hydrogen (secondary N) is 1. The lowest BCUT2D eigenvalue weighted by atomic mass is 10.3. The first-order chi connectivity index (χ1) is 14.7. The van der Waals surface area contributed by atoms with Gasteiger partial charge in [0.05, 0.1) is 31.0 Å².